The number of nitrogens with one attached hydrogen (secondary N) is 1. The van der Waals surface area contributed by atoms with Crippen LogP contribution >= 0.6 is 23.4 Å². The molecule has 0 saturated carbocycles. The molecule has 0 aliphatic carbocycles. The van der Waals surface area contributed by atoms with Crippen molar-refractivity contribution in [1.82, 2.24) is 20.2 Å². The van der Waals surface area contributed by atoms with Gasteiger partial charge in [-0.3, -0.25) is 4.79 Å². The number of rotatable bonds is 4. The maximum absolute atomic E-state index is 11.2. The molecule has 100 valence electrons. The van der Waals surface area contributed by atoms with Crippen LogP contribution in [0, 0.1) is 0 Å². The minimum Gasteiger partial charge on any atom is -0.358 e. The van der Waals surface area contributed by atoms with Crippen molar-refractivity contribution in [2.45, 2.75) is 5.16 Å². The molecule has 8 heteroatoms. The molecule has 1 aromatic heterocycles. The lowest BCUT2D eigenvalue weighted by molar-refractivity contribution is -0.118. The van der Waals surface area contributed by atoms with Gasteiger partial charge in [-0.25, -0.2) is 4.68 Å². The standard InChI is InChI=1S/C11H12ClN5OS/c1-14-9(18)6-19-11-16-15-10(17(11)13)7-2-4-8(12)5-3-7/h2-5H,6,13H2,1H3,(H,14,18). The number of thioether (sulfide) groups is 1. The van der Waals surface area contributed by atoms with Crippen molar-refractivity contribution < 1.29 is 4.79 Å². The van der Waals surface area contributed by atoms with E-state index in [1.165, 1.54) is 16.4 Å². The summed E-state index contributed by atoms with van der Waals surface area (Å²) < 4.78 is 1.36. The van der Waals surface area contributed by atoms with Crippen LogP contribution in [0.5, 0.6) is 0 Å². The van der Waals surface area contributed by atoms with Gasteiger partial charge in [-0.05, 0) is 24.3 Å². The monoisotopic (exact) mass is 297 g/mol. The minimum atomic E-state index is -0.0963. The van der Waals surface area contributed by atoms with Crippen LogP contribution in [0.2, 0.25) is 5.02 Å². The van der Waals surface area contributed by atoms with Gasteiger partial charge in [0.05, 0.1) is 5.75 Å². The average molecular weight is 298 g/mol. The van der Waals surface area contributed by atoms with Crippen molar-refractivity contribution in [1.29, 1.82) is 0 Å². The molecule has 1 amide bonds. The van der Waals surface area contributed by atoms with E-state index >= 15 is 0 Å². The first kappa shape index (κ1) is 13.7. The van der Waals surface area contributed by atoms with Crippen molar-refractivity contribution >= 4 is 29.3 Å². The van der Waals surface area contributed by atoms with Crippen LogP contribution < -0.4 is 11.2 Å². The molecule has 0 spiro atoms. The maximum Gasteiger partial charge on any atom is 0.230 e. The summed E-state index contributed by atoms with van der Waals surface area (Å²) in [6.07, 6.45) is 0. The van der Waals surface area contributed by atoms with E-state index in [4.69, 9.17) is 17.4 Å². The molecular formula is C11H12ClN5OS. The van der Waals surface area contributed by atoms with Gasteiger partial charge in [-0.15, -0.1) is 10.2 Å². The largest absolute Gasteiger partial charge is 0.358 e. The maximum atomic E-state index is 11.2. The third-order valence-corrected chi connectivity index (χ3v) is 3.57. The highest BCUT2D eigenvalue weighted by atomic mass is 35.5. The highest BCUT2D eigenvalue weighted by Gasteiger charge is 2.13. The van der Waals surface area contributed by atoms with Crippen LogP contribution in [0.15, 0.2) is 29.4 Å². The van der Waals surface area contributed by atoms with E-state index in [0.717, 1.165) is 5.56 Å². The molecule has 0 aliphatic heterocycles. The number of hydrogen-bond acceptors (Lipinski definition) is 5. The molecule has 3 N–H and O–H groups in total. The van der Waals surface area contributed by atoms with E-state index < -0.39 is 0 Å². The van der Waals surface area contributed by atoms with Crippen molar-refractivity contribution in [2.75, 3.05) is 18.6 Å². The first-order valence-corrected chi connectivity index (χ1v) is 6.78. The summed E-state index contributed by atoms with van der Waals surface area (Å²) in [5.74, 6) is 6.58. The Morgan fingerprint density at radius 1 is 1.42 bits per heavy atom. The van der Waals surface area contributed by atoms with Crippen LogP contribution in [0.25, 0.3) is 11.4 Å². The van der Waals surface area contributed by atoms with Crippen molar-refractivity contribution in [3.63, 3.8) is 0 Å². The molecule has 2 aromatic rings. The summed E-state index contributed by atoms with van der Waals surface area (Å²) in [6, 6.07) is 7.12. The summed E-state index contributed by atoms with van der Waals surface area (Å²) >= 11 is 7.05. The first-order valence-electron chi connectivity index (χ1n) is 5.41. The van der Waals surface area contributed by atoms with E-state index in [9.17, 15) is 4.79 Å². The van der Waals surface area contributed by atoms with E-state index in [0.29, 0.717) is 16.0 Å². The summed E-state index contributed by atoms with van der Waals surface area (Å²) in [6.45, 7) is 0. The third kappa shape index (κ3) is 3.18. The fourth-order valence-electron chi connectivity index (χ4n) is 1.37. The van der Waals surface area contributed by atoms with Gasteiger partial charge in [0, 0.05) is 17.6 Å². The number of carbonyl (C=O) groups excluding carboxylic acids is 1. The van der Waals surface area contributed by atoms with E-state index in [-0.39, 0.29) is 11.7 Å². The molecule has 0 saturated heterocycles. The molecule has 1 aromatic carbocycles. The second kappa shape index (κ2) is 5.94. The quantitative estimate of drug-likeness (QED) is 0.653. The summed E-state index contributed by atoms with van der Waals surface area (Å²) in [4.78, 5) is 11.2. The van der Waals surface area contributed by atoms with Gasteiger partial charge in [0.1, 0.15) is 0 Å². The van der Waals surface area contributed by atoms with Gasteiger partial charge in [0.15, 0.2) is 5.82 Å². The van der Waals surface area contributed by atoms with E-state index in [2.05, 4.69) is 15.5 Å². The van der Waals surface area contributed by atoms with Gasteiger partial charge in [-0.1, -0.05) is 23.4 Å². The molecule has 0 aliphatic rings. The topological polar surface area (TPSA) is 85.8 Å². The molecule has 0 radical (unpaired) electrons. The van der Waals surface area contributed by atoms with Gasteiger partial charge < -0.3 is 11.2 Å². The smallest absolute Gasteiger partial charge is 0.230 e. The van der Waals surface area contributed by atoms with Gasteiger partial charge in [-0.2, -0.15) is 0 Å². The molecule has 2 rings (SSSR count). The van der Waals surface area contributed by atoms with Crippen LogP contribution in [0.4, 0.5) is 0 Å². The second-order valence-corrected chi connectivity index (χ2v) is 5.02. The zero-order valence-corrected chi connectivity index (χ0v) is 11.7. The van der Waals surface area contributed by atoms with Crippen LogP contribution in [-0.4, -0.2) is 33.6 Å². The highest BCUT2D eigenvalue weighted by Crippen LogP contribution is 2.22. The molecule has 1 heterocycles. The predicted octanol–water partition coefficient (Wildman–Crippen LogP) is 1.15. The lowest BCUT2D eigenvalue weighted by Gasteiger charge is -2.03. The molecule has 0 fully saturated rings. The summed E-state index contributed by atoms with van der Waals surface area (Å²) in [5.41, 5.74) is 0.811. The zero-order chi connectivity index (χ0) is 13.8. The highest BCUT2D eigenvalue weighted by molar-refractivity contribution is 7.99. The minimum absolute atomic E-state index is 0.0963. The Morgan fingerprint density at radius 3 is 2.74 bits per heavy atom. The number of nitrogens with two attached hydrogens (primary N) is 1. The van der Waals surface area contributed by atoms with E-state index in [1.54, 1.807) is 19.2 Å². The third-order valence-electron chi connectivity index (χ3n) is 2.38. The Kier molecular flexibility index (Phi) is 4.28. The average Bonchev–Trinajstić information content (AvgIpc) is 2.78. The molecule has 6 nitrogen and oxygen atoms in total. The van der Waals surface area contributed by atoms with Gasteiger partial charge >= 0.3 is 0 Å². The van der Waals surface area contributed by atoms with Crippen LogP contribution in [0.3, 0.4) is 0 Å². The number of carbonyl (C=O) groups is 1. The Morgan fingerprint density at radius 2 is 2.11 bits per heavy atom. The summed E-state index contributed by atoms with van der Waals surface area (Å²) in [5, 5.41) is 11.6. The predicted molar refractivity (Wildman–Crippen MR) is 75.4 cm³/mol. The first-order chi connectivity index (χ1) is 9.11. The van der Waals surface area contributed by atoms with E-state index in [1.807, 2.05) is 12.1 Å². The lowest BCUT2D eigenvalue weighted by Crippen LogP contribution is -2.20. The van der Waals surface area contributed by atoms with Crippen LogP contribution in [0.1, 0.15) is 0 Å². The fraction of sp³-hybridized carbons (Fsp3) is 0.182. The Labute approximate surface area is 119 Å². The number of benzene rings is 1. The van der Waals surface area contributed by atoms with Crippen molar-refractivity contribution in [3.8, 4) is 11.4 Å². The number of hydrogen-bond donors (Lipinski definition) is 2. The number of halogens is 1. The summed E-state index contributed by atoms with van der Waals surface area (Å²) in [7, 11) is 1.58. The Balaban J connectivity index is 2.18. The second-order valence-electron chi connectivity index (χ2n) is 3.64. The molecule has 0 atom stereocenters. The van der Waals surface area contributed by atoms with Crippen LogP contribution in [-0.2, 0) is 4.79 Å². The molecule has 19 heavy (non-hydrogen) atoms. The number of aromatic nitrogens is 3. The van der Waals surface area contributed by atoms with Gasteiger partial charge in [0.2, 0.25) is 11.1 Å². The Hall–Kier alpha value is -1.73. The number of nitrogens with zero attached hydrogens (tertiary/aromatic N) is 3. The number of amides is 1. The van der Waals surface area contributed by atoms with Crippen molar-refractivity contribution in [2.24, 2.45) is 0 Å². The molecule has 0 unspecified atom stereocenters. The number of nitrogen functional groups attached to an aromatic ring is 1. The molecular weight excluding hydrogens is 286 g/mol. The Bertz CT molecular complexity index is 583. The normalized spacial score (nSPS) is 10.4. The lowest BCUT2D eigenvalue weighted by atomic mass is 10.2. The SMILES string of the molecule is CNC(=O)CSc1nnc(-c2ccc(Cl)cc2)n1N. The zero-order valence-electron chi connectivity index (χ0n) is 10.1. The molecule has 0 bridgehead atoms. The fourth-order valence-corrected chi connectivity index (χ4v) is 2.23. The van der Waals surface area contributed by atoms with Crippen molar-refractivity contribution in [3.05, 3.63) is 29.3 Å². The van der Waals surface area contributed by atoms with Gasteiger partial charge in [0.25, 0.3) is 0 Å².